The molecule has 3 N–H and O–H groups in total. The van der Waals surface area contributed by atoms with E-state index in [0.29, 0.717) is 5.69 Å². The van der Waals surface area contributed by atoms with E-state index in [9.17, 15) is 12.8 Å². The molecule has 72 valence electrons. The molecule has 0 atom stereocenters. The highest BCUT2D eigenvalue weighted by atomic mass is 32.2. The van der Waals surface area contributed by atoms with Crippen LogP contribution in [0.2, 0.25) is 0 Å². The predicted molar refractivity (Wildman–Crippen MR) is 47.4 cm³/mol. The van der Waals surface area contributed by atoms with Gasteiger partial charge in [0.2, 0.25) is 10.0 Å². The largest absolute Gasteiger partial charge is 0.359 e. The van der Waals surface area contributed by atoms with Gasteiger partial charge in [-0.2, -0.15) is 0 Å². The summed E-state index contributed by atoms with van der Waals surface area (Å²) in [4.78, 5) is 0.0110. The summed E-state index contributed by atoms with van der Waals surface area (Å²) >= 11 is 0. The zero-order valence-corrected chi connectivity index (χ0v) is 7.51. The van der Waals surface area contributed by atoms with Crippen LogP contribution in [-0.2, 0) is 10.0 Å². The van der Waals surface area contributed by atoms with Gasteiger partial charge < -0.3 is 5.32 Å². The van der Waals surface area contributed by atoms with E-state index < -0.39 is 16.8 Å². The summed E-state index contributed by atoms with van der Waals surface area (Å²) in [7, 11) is -3.66. The van der Waals surface area contributed by atoms with Crippen molar-refractivity contribution in [2.75, 3.05) is 12.1 Å². The molecular formula is C7H9FN2O2S. The Kier molecular flexibility index (Phi) is 2.84. The molecule has 0 amide bonds. The summed E-state index contributed by atoms with van der Waals surface area (Å²) in [6, 6.07) is 5.51. The van der Waals surface area contributed by atoms with Crippen LogP contribution in [0.15, 0.2) is 29.2 Å². The first-order valence-corrected chi connectivity index (χ1v) is 5.01. The lowest BCUT2D eigenvalue weighted by atomic mass is 10.3. The number of halogens is 1. The number of nitrogens with two attached hydrogens (primary N) is 1. The SMILES string of the molecule is NS(=O)(=O)c1ccc(NCF)cc1. The monoisotopic (exact) mass is 204 g/mol. The molecule has 0 saturated carbocycles. The van der Waals surface area contributed by atoms with Crippen LogP contribution < -0.4 is 10.5 Å². The van der Waals surface area contributed by atoms with Crippen molar-refractivity contribution in [1.29, 1.82) is 0 Å². The molecule has 0 aliphatic rings. The number of anilines is 1. The Morgan fingerprint density at radius 2 is 1.85 bits per heavy atom. The first-order chi connectivity index (χ1) is 6.04. The molecule has 0 heterocycles. The maximum Gasteiger partial charge on any atom is 0.238 e. The number of hydrogen-bond donors (Lipinski definition) is 2. The van der Waals surface area contributed by atoms with Crippen LogP contribution in [0.1, 0.15) is 0 Å². The molecule has 0 aromatic heterocycles. The number of nitrogens with one attached hydrogen (secondary N) is 1. The zero-order valence-electron chi connectivity index (χ0n) is 6.70. The van der Waals surface area contributed by atoms with E-state index in [1.165, 1.54) is 24.3 Å². The minimum absolute atomic E-state index is 0.0110. The summed E-state index contributed by atoms with van der Waals surface area (Å²) in [6.45, 7) is -0.700. The van der Waals surface area contributed by atoms with Crippen molar-refractivity contribution in [2.24, 2.45) is 5.14 Å². The van der Waals surface area contributed by atoms with Gasteiger partial charge in [0.05, 0.1) is 4.90 Å². The molecular weight excluding hydrogens is 195 g/mol. The molecule has 0 radical (unpaired) electrons. The second-order valence-electron chi connectivity index (χ2n) is 2.38. The third-order valence-electron chi connectivity index (χ3n) is 1.45. The van der Waals surface area contributed by atoms with Gasteiger partial charge in [0.15, 0.2) is 6.80 Å². The van der Waals surface area contributed by atoms with E-state index in [0.717, 1.165) is 0 Å². The lowest BCUT2D eigenvalue weighted by molar-refractivity contribution is 0.536. The quantitative estimate of drug-likeness (QED) is 0.711. The standard InChI is InChI=1S/C7H9FN2O2S/c8-5-10-6-1-3-7(4-2-6)13(9,11)12/h1-4,10H,5H2,(H2,9,11,12). The smallest absolute Gasteiger partial charge is 0.238 e. The summed E-state index contributed by atoms with van der Waals surface area (Å²) in [5.74, 6) is 0. The molecule has 0 unspecified atom stereocenters. The van der Waals surface area contributed by atoms with Crippen molar-refractivity contribution < 1.29 is 12.8 Å². The van der Waals surface area contributed by atoms with Crippen LogP contribution in [0.3, 0.4) is 0 Å². The van der Waals surface area contributed by atoms with E-state index in [1.807, 2.05) is 0 Å². The maximum absolute atomic E-state index is 11.8. The highest BCUT2D eigenvalue weighted by molar-refractivity contribution is 7.89. The number of rotatable bonds is 3. The first kappa shape index (κ1) is 9.94. The Balaban J connectivity index is 2.94. The van der Waals surface area contributed by atoms with Crippen LogP contribution in [0.5, 0.6) is 0 Å². The normalized spacial score (nSPS) is 11.2. The van der Waals surface area contributed by atoms with Crippen molar-refractivity contribution in [3.8, 4) is 0 Å². The predicted octanol–water partition coefficient (Wildman–Crippen LogP) is 0.673. The van der Waals surface area contributed by atoms with Gasteiger partial charge in [0.25, 0.3) is 0 Å². The van der Waals surface area contributed by atoms with Gasteiger partial charge in [-0.25, -0.2) is 17.9 Å². The Bertz CT molecular complexity index is 374. The number of benzene rings is 1. The van der Waals surface area contributed by atoms with Crippen LogP contribution in [-0.4, -0.2) is 15.2 Å². The number of alkyl halides is 1. The van der Waals surface area contributed by atoms with E-state index in [-0.39, 0.29) is 4.90 Å². The van der Waals surface area contributed by atoms with Gasteiger partial charge in [-0.1, -0.05) is 0 Å². The molecule has 1 rings (SSSR count). The molecule has 1 aromatic carbocycles. The Labute approximate surface area is 75.6 Å². The van der Waals surface area contributed by atoms with Crippen LogP contribution >= 0.6 is 0 Å². The van der Waals surface area contributed by atoms with Gasteiger partial charge in [-0.3, -0.25) is 0 Å². The molecule has 0 bridgehead atoms. The Morgan fingerprint density at radius 1 is 1.31 bits per heavy atom. The Morgan fingerprint density at radius 3 is 2.23 bits per heavy atom. The average Bonchev–Trinajstić information content (AvgIpc) is 2.04. The molecule has 4 nitrogen and oxygen atoms in total. The van der Waals surface area contributed by atoms with Crippen molar-refractivity contribution >= 4 is 15.7 Å². The van der Waals surface area contributed by atoms with Crippen molar-refractivity contribution in [3.05, 3.63) is 24.3 Å². The molecule has 0 spiro atoms. The van der Waals surface area contributed by atoms with Gasteiger partial charge in [0.1, 0.15) is 0 Å². The lowest BCUT2D eigenvalue weighted by Gasteiger charge is -2.01. The topological polar surface area (TPSA) is 72.2 Å². The van der Waals surface area contributed by atoms with Crippen molar-refractivity contribution in [1.82, 2.24) is 0 Å². The summed E-state index contributed by atoms with van der Waals surface area (Å²) in [5, 5.41) is 7.24. The van der Waals surface area contributed by atoms with Gasteiger partial charge in [-0.05, 0) is 24.3 Å². The Hall–Kier alpha value is -1.14. The van der Waals surface area contributed by atoms with Gasteiger partial charge >= 0.3 is 0 Å². The fraction of sp³-hybridized carbons (Fsp3) is 0.143. The number of sulfonamides is 1. The number of primary sulfonamides is 1. The molecule has 13 heavy (non-hydrogen) atoms. The van der Waals surface area contributed by atoms with Crippen LogP contribution in [0.25, 0.3) is 0 Å². The van der Waals surface area contributed by atoms with E-state index in [4.69, 9.17) is 5.14 Å². The molecule has 0 saturated heterocycles. The van der Waals surface area contributed by atoms with E-state index in [2.05, 4.69) is 5.32 Å². The molecule has 0 aliphatic carbocycles. The molecule has 0 fully saturated rings. The van der Waals surface area contributed by atoms with Crippen molar-refractivity contribution in [2.45, 2.75) is 4.90 Å². The minimum Gasteiger partial charge on any atom is -0.359 e. The fourth-order valence-corrected chi connectivity index (χ4v) is 1.36. The second kappa shape index (κ2) is 3.71. The highest BCUT2D eigenvalue weighted by Gasteiger charge is 2.05. The van der Waals surface area contributed by atoms with Gasteiger partial charge in [-0.15, -0.1) is 0 Å². The number of hydrogen-bond acceptors (Lipinski definition) is 3. The van der Waals surface area contributed by atoms with Crippen LogP contribution in [0.4, 0.5) is 10.1 Å². The third-order valence-corrected chi connectivity index (χ3v) is 2.38. The van der Waals surface area contributed by atoms with E-state index in [1.54, 1.807) is 0 Å². The fourth-order valence-electron chi connectivity index (χ4n) is 0.840. The van der Waals surface area contributed by atoms with Gasteiger partial charge in [0, 0.05) is 5.69 Å². The lowest BCUT2D eigenvalue weighted by Crippen LogP contribution is -2.11. The molecule has 0 aliphatic heterocycles. The van der Waals surface area contributed by atoms with Crippen LogP contribution in [0, 0.1) is 0 Å². The summed E-state index contributed by atoms with van der Waals surface area (Å²) < 4.78 is 33.3. The summed E-state index contributed by atoms with van der Waals surface area (Å²) in [5.41, 5.74) is 0.509. The molecule has 1 aromatic rings. The van der Waals surface area contributed by atoms with Crippen molar-refractivity contribution in [3.63, 3.8) is 0 Å². The average molecular weight is 204 g/mol. The van der Waals surface area contributed by atoms with E-state index >= 15 is 0 Å². The molecule has 6 heteroatoms. The minimum atomic E-state index is -3.66. The third kappa shape index (κ3) is 2.67. The highest BCUT2D eigenvalue weighted by Crippen LogP contribution is 2.12. The second-order valence-corrected chi connectivity index (χ2v) is 3.94. The summed E-state index contributed by atoms with van der Waals surface area (Å²) in [6.07, 6.45) is 0. The maximum atomic E-state index is 11.8. The zero-order chi connectivity index (χ0) is 9.90. The first-order valence-electron chi connectivity index (χ1n) is 3.47.